The Kier molecular flexibility index (Phi) is 2.92. The second-order valence-electron chi connectivity index (χ2n) is 3.51. The maximum absolute atomic E-state index is 10.8. The smallest absolute Gasteiger partial charge is 0.407 e. The van der Waals surface area contributed by atoms with Crippen molar-refractivity contribution in [2.75, 3.05) is 6.61 Å². The number of hydrogen-bond donors (Lipinski definition) is 2. The van der Waals surface area contributed by atoms with E-state index in [9.17, 15) is 4.79 Å². The molecule has 1 fully saturated rings. The van der Waals surface area contributed by atoms with Crippen molar-refractivity contribution in [1.82, 2.24) is 5.32 Å². The highest BCUT2D eigenvalue weighted by Gasteiger charge is 2.33. The summed E-state index contributed by atoms with van der Waals surface area (Å²) >= 11 is 0. The van der Waals surface area contributed by atoms with E-state index in [2.05, 4.69) is 19.2 Å². The Morgan fingerprint density at radius 2 is 2.33 bits per heavy atom. The Balaban J connectivity index is 2.46. The van der Waals surface area contributed by atoms with E-state index in [0.717, 1.165) is 6.42 Å². The van der Waals surface area contributed by atoms with E-state index in [1.54, 1.807) is 0 Å². The van der Waals surface area contributed by atoms with Crippen LogP contribution in [0.5, 0.6) is 0 Å². The normalized spacial score (nSPS) is 28.8. The number of aliphatic hydroxyl groups is 1. The number of nitrogens with one attached hydrogen (secondary N) is 1. The van der Waals surface area contributed by atoms with Crippen LogP contribution in [0, 0.1) is 5.92 Å². The molecule has 1 heterocycles. The van der Waals surface area contributed by atoms with E-state index in [4.69, 9.17) is 9.84 Å². The topological polar surface area (TPSA) is 58.6 Å². The highest BCUT2D eigenvalue weighted by atomic mass is 16.6. The third kappa shape index (κ3) is 2.11. The number of carbonyl (C=O) groups excluding carboxylic acids is 1. The molecule has 0 bridgehead atoms. The predicted molar refractivity (Wildman–Crippen MR) is 43.7 cm³/mol. The minimum Gasteiger partial charge on any atom is -0.442 e. The average molecular weight is 173 g/mol. The van der Waals surface area contributed by atoms with Crippen molar-refractivity contribution in [3.8, 4) is 0 Å². The number of ether oxygens (including phenoxy) is 1. The van der Waals surface area contributed by atoms with Crippen LogP contribution in [0.1, 0.15) is 20.3 Å². The first-order valence-electron chi connectivity index (χ1n) is 4.21. The molecule has 0 saturated carbocycles. The highest BCUT2D eigenvalue weighted by molar-refractivity contribution is 5.70. The molecule has 12 heavy (non-hydrogen) atoms. The predicted octanol–water partition coefficient (Wildman–Crippen LogP) is 0.502. The molecule has 4 nitrogen and oxygen atoms in total. The molecule has 70 valence electrons. The molecule has 2 N–H and O–H groups in total. The molecule has 1 amide bonds. The fraction of sp³-hybridized carbons (Fsp3) is 0.875. The highest BCUT2D eigenvalue weighted by Crippen LogP contribution is 2.15. The first-order chi connectivity index (χ1) is 5.63. The summed E-state index contributed by atoms with van der Waals surface area (Å²) in [7, 11) is 0. The summed E-state index contributed by atoms with van der Waals surface area (Å²) in [4.78, 5) is 10.8. The van der Waals surface area contributed by atoms with Gasteiger partial charge in [0.2, 0.25) is 0 Å². The second-order valence-corrected chi connectivity index (χ2v) is 3.51. The van der Waals surface area contributed by atoms with Crippen LogP contribution in [-0.4, -0.2) is 30.0 Å². The fourth-order valence-electron chi connectivity index (χ4n) is 1.38. The van der Waals surface area contributed by atoms with E-state index in [0.29, 0.717) is 5.92 Å². The van der Waals surface area contributed by atoms with Crippen LogP contribution < -0.4 is 5.32 Å². The van der Waals surface area contributed by atoms with Gasteiger partial charge in [-0.1, -0.05) is 13.8 Å². The van der Waals surface area contributed by atoms with Gasteiger partial charge >= 0.3 is 6.09 Å². The van der Waals surface area contributed by atoms with Gasteiger partial charge in [-0.25, -0.2) is 4.79 Å². The van der Waals surface area contributed by atoms with Crippen molar-refractivity contribution in [1.29, 1.82) is 0 Å². The van der Waals surface area contributed by atoms with Gasteiger partial charge in [0.1, 0.15) is 6.10 Å². The summed E-state index contributed by atoms with van der Waals surface area (Å²) in [5.41, 5.74) is 0. The van der Waals surface area contributed by atoms with Crippen LogP contribution >= 0.6 is 0 Å². The van der Waals surface area contributed by atoms with Crippen LogP contribution in [0.2, 0.25) is 0 Å². The number of amides is 1. The summed E-state index contributed by atoms with van der Waals surface area (Å²) in [6.07, 6.45) is 0.0661. The van der Waals surface area contributed by atoms with Crippen molar-refractivity contribution < 1.29 is 14.6 Å². The molecule has 2 unspecified atom stereocenters. The Bertz CT molecular complexity index is 170. The fourth-order valence-corrected chi connectivity index (χ4v) is 1.38. The molecule has 0 aliphatic carbocycles. The zero-order valence-corrected chi connectivity index (χ0v) is 7.41. The Morgan fingerprint density at radius 1 is 1.67 bits per heavy atom. The molecule has 1 aliphatic heterocycles. The molecule has 0 radical (unpaired) electrons. The van der Waals surface area contributed by atoms with Crippen molar-refractivity contribution >= 4 is 6.09 Å². The van der Waals surface area contributed by atoms with Gasteiger partial charge in [0.25, 0.3) is 0 Å². The van der Waals surface area contributed by atoms with Crippen LogP contribution in [0.4, 0.5) is 4.79 Å². The number of cyclic esters (lactones) is 1. The number of rotatable bonds is 3. The van der Waals surface area contributed by atoms with E-state index in [1.165, 1.54) is 0 Å². The summed E-state index contributed by atoms with van der Waals surface area (Å²) < 4.78 is 4.82. The molecule has 0 aromatic heterocycles. The molecule has 1 aliphatic rings. The second kappa shape index (κ2) is 3.76. The molecule has 1 saturated heterocycles. The van der Waals surface area contributed by atoms with Crippen LogP contribution in [0.25, 0.3) is 0 Å². The van der Waals surface area contributed by atoms with Crippen molar-refractivity contribution in [3.63, 3.8) is 0 Å². The molecule has 2 atom stereocenters. The lowest BCUT2D eigenvalue weighted by Crippen LogP contribution is -2.34. The molecule has 0 aromatic carbocycles. The molecule has 0 spiro atoms. The standard InChI is InChI=1S/C8H15NO3/c1-5(2)3-6-7(4-10)12-8(11)9-6/h5-7,10H,3-4H2,1-2H3,(H,9,11). The zero-order chi connectivity index (χ0) is 9.14. The first kappa shape index (κ1) is 9.32. The third-order valence-electron chi connectivity index (χ3n) is 1.92. The van der Waals surface area contributed by atoms with Gasteiger partial charge in [-0.2, -0.15) is 0 Å². The maximum atomic E-state index is 10.8. The van der Waals surface area contributed by atoms with Crippen LogP contribution in [-0.2, 0) is 4.74 Å². The number of hydrogen-bond acceptors (Lipinski definition) is 3. The van der Waals surface area contributed by atoms with Crippen molar-refractivity contribution in [2.24, 2.45) is 5.92 Å². The lowest BCUT2D eigenvalue weighted by molar-refractivity contribution is 0.0796. The van der Waals surface area contributed by atoms with Crippen LogP contribution in [0.15, 0.2) is 0 Å². The van der Waals surface area contributed by atoms with Gasteiger partial charge < -0.3 is 15.2 Å². The lowest BCUT2D eigenvalue weighted by Gasteiger charge is -2.15. The zero-order valence-electron chi connectivity index (χ0n) is 7.41. The van der Waals surface area contributed by atoms with Gasteiger partial charge in [0.15, 0.2) is 0 Å². The van der Waals surface area contributed by atoms with Crippen molar-refractivity contribution in [2.45, 2.75) is 32.4 Å². The van der Waals surface area contributed by atoms with E-state index >= 15 is 0 Å². The minimum atomic E-state index is -0.417. The monoisotopic (exact) mass is 173 g/mol. The van der Waals surface area contributed by atoms with Gasteiger partial charge in [-0.3, -0.25) is 0 Å². The van der Waals surface area contributed by atoms with E-state index in [-0.39, 0.29) is 18.8 Å². The minimum absolute atomic E-state index is 0.0255. The molecular formula is C8H15NO3. The molecule has 4 heteroatoms. The Labute approximate surface area is 71.9 Å². The summed E-state index contributed by atoms with van der Waals surface area (Å²) in [5, 5.41) is 11.5. The molecule has 0 aromatic rings. The average Bonchev–Trinajstić information content (AvgIpc) is 2.29. The summed E-state index contributed by atoms with van der Waals surface area (Å²) in [5.74, 6) is 0.492. The Hall–Kier alpha value is -0.770. The van der Waals surface area contributed by atoms with Gasteiger partial charge in [0, 0.05) is 0 Å². The number of alkyl carbamates (subject to hydrolysis) is 1. The Morgan fingerprint density at radius 3 is 2.83 bits per heavy atom. The number of carbonyl (C=O) groups is 1. The number of aliphatic hydroxyl groups excluding tert-OH is 1. The first-order valence-corrected chi connectivity index (χ1v) is 4.21. The molecule has 1 rings (SSSR count). The maximum Gasteiger partial charge on any atom is 0.407 e. The summed E-state index contributed by atoms with van der Waals surface area (Å²) in [6, 6.07) is -0.0255. The summed E-state index contributed by atoms with van der Waals surface area (Å²) in [6.45, 7) is 4.04. The largest absolute Gasteiger partial charge is 0.442 e. The quantitative estimate of drug-likeness (QED) is 0.653. The lowest BCUT2D eigenvalue weighted by atomic mass is 10.0. The SMILES string of the molecule is CC(C)CC1NC(=O)OC1CO. The van der Waals surface area contributed by atoms with Gasteiger partial charge in [-0.05, 0) is 12.3 Å². The van der Waals surface area contributed by atoms with Gasteiger partial charge in [-0.15, -0.1) is 0 Å². The van der Waals surface area contributed by atoms with E-state index in [1.807, 2.05) is 0 Å². The van der Waals surface area contributed by atoms with Gasteiger partial charge in [0.05, 0.1) is 12.6 Å². The molecular weight excluding hydrogens is 158 g/mol. The van der Waals surface area contributed by atoms with E-state index < -0.39 is 6.09 Å². The van der Waals surface area contributed by atoms with Crippen LogP contribution in [0.3, 0.4) is 0 Å². The third-order valence-corrected chi connectivity index (χ3v) is 1.92. The van der Waals surface area contributed by atoms with Crippen molar-refractivity contribution in [3.05, 3.63) is 0 Å².